The van der Waals surface area contributed by atoms with E-state index in [-0.39, 0.29) is 23.8 Å². The molecule has 1 amide bonds. The van der Waals surface area contributed by atoms with Crippen LogP contribution in [0.25, 0.3) is 11.0 Å². The van der Waals surface area contributed by atoms with Crippen molar-refractivity contribution in [2.45, 2.75) is 36.7 Å². The van der Waals surface area contributed by atoms with Gasteiger partial charge in [-0.25, -0.2) is 28.7 Å². The van der Waals surface area contributed by atoms with Crippen LogP contribution in [0, 0.1) is 17.6 Å². The van der Waals surface area contributed by atoms with Gasteiger partial charge in [-0.05, 0) is 31.0 Å². The summed E-state index contributed by atoms with van der Waals surface area (Å²) < 4.78 is 39.9. The van der Waals surface area contributed by atoms with Gasteiger partial charge in [-0.15, -0.1) is 0 Å². The first-order chi connectivity index (χ1) is 18.2. The summed E-state index contributed by atoms with van der Waals surface area (Å²) >= 11 is 1.08. The van der Waals surface area contributed by atoms with Crippen molar-refractivity contribution >= 4 is 33.9 Å². The number of pyridine rings is 1. The number of fused-ring (bicyclic) bond motifs is 2. The molecule has 4 aromatic rings. The summed E-state index contributed by atoms with van der Waals surface area (Å²) in [6, 6.07) is 4.35. The van der Waals surface area contributed by atoms with Gasteiger partial charge in [0.15, 0.2) is 23.4 Å². The Morgan fingerprint density at radius 2 is 2.08 bits per heavy atom. The van der Waals surface area contributed by atoms with E-state index in [0.29, 0.717) is 40.4 Å². The predicted molar refractivity (Wildman–Crippen MR) is 134 cm³/mol. The maximum atomic E-state index is 15.2. The summed E-state index contributed by atoms with van der Waals surface area (Å²) in [5.41, 5.74) is 12.4. The van der Waals surface area contributed by atoms with Gasteiger partial charge in [0.25, 0.3) is 0 Å². The summed E-state index contributed by atoms with van der Waals surface area (Å²) in [4.78, 5) is 33.7. The van der Waals surface area contributed by atoms with Gasteiger partial charge in [0.2, 0.25) is 11.8 Å². The fourth-order valence-corrected chi connectivity index (χ4v) is 6.39. The van der Waals surface area contributed by atoms with Crippen LogP contribution >= 0.6 is 11.8 Å². The Morgan fingerprint density at radius 3 is 2.84 bits per heavy atom. The van der Waals surface area contributed by atoms with Gasteiger partial charge in [0, 0.05) is 24.0 Å². The SMILES string of the molecule is C[C@]1(c2cc(Cc3ncnc4cc(OCc5ncco5)cnc34)cc(F)c2F)N=C(N)S[C@@]2(C(N)=O)C[C@H]21. The van der Waals surface area contributed by atoms with Crippen molar-refractivity contribution in [2.24, 2.45) is 22.4 Å². The summed E-state index contributed by atoms with van der Waals surface area (Å²) in [7, 11) is 0. The summed E-state index contributed by atoms with van der Waals surface area (Å²) in [5, 5.41) is 0.108. The van der Waals surface area contributed by atoms with E-state index in [4.69, 9.17) is 20.6 Å². The van der Waals surface area contributed by atoms with Crippen molar-refractivity contribution in [3.8, 4) is 5.75 Å². The summed E-state index contributed by atoms with van der Waals surface area (Å²) in [6.45, 7) is 1.77. The second-order valence-electron chi connectivity index (χ2n) is 9.40. The average Bonchev–Trinajstić information content (AvgIpc) is 3.42. The van der Waals surface area contributed by atoms with Crippen LogP contribution in [0.15, 0.2) is 52.6 Å². The lowest BCUT2D eigenvalue weighted by molar-refractivity contribution is -0.118. The number of nitrogens with two attached hydrogens (primary N) is 2. The number of oxazole rings is 1. The molecule has 2 aliphatic rings. The Balaban J connectivity index is 1.32. The van der Waals surface area contributed by atoms with E-state index in [0.717, 1.165) is 17.8 Å². The minimum absolute atomic E-state index is 0.0115. The molecule has 4 N–H and O–H groups in total. The van der Waals surface area contributed by atoms with E-state index in [1.807, 2.05) is 0 Å². The molecule has 1 fully saturated rings. The standard InChI is InChI=1S/C25H21F2N7O3S/c1-24(18-8-25(18,22(28)35)38-23(29)34-24)14-4-12(5-15(26)20(14)27)6-16-21-17(33-11-32-16)7-13(9-31-21)37-10-19-30-2-3-36-19/h2-5,7,9,11,18H,6,8,10H2,1H3,(H2,28,35)(H2,29,34)/t18-,24+,25-/m0/s1. The number of aromatic nitrogens is 4. The number of primary amides is 1. The minimum Gasteiger partial charge on any atom is -0.482 e. The molecule has 0 bridgehead atoms. The predicted octanol–water partition coefficient (Wildman–Crippen LogP) is 2.98. The van der Waals surface area contributed by atoms with Crippen LogP contribution in [0.5, 0.6) is 5.75 Å². The number of amidine groups is 1. The molecule has 0 spiro atoms. The Labute approximate surface area is 218 Å². The van der Waals surface area contributed by atoms with Crippen molar-refractivity contribution in [1.29, 1.82) is 0 Å². The largest absolute Gasteiger partial charge is 0.482 e. The molecule has 1 saturated carbocycles. The highest BCUT2D eigenvalue weighted by molar-refractivity contribution is 8.15. The number of carbonyl (C=O) groups excluding carboxylic acids is 1. The molecule has 1 aliphatic carbocycles. The molecular weight excluding hydrogens is 516 g/mol. The number of thioether (sulfide) groups is 1. The first kappa shape index (κ1) is 24.2. The van der Waals surface area contributed by atoms with Crippen LogP contribution in [-0.2, 0) is 23.4 Å². The third-order valence-electron chi connectivity index (χ3n) is 7.01. The number of halogens is 2. The molecule has 0 radical (unpaired) electrons. The number of aliphatic imine (C=N–C) groups is 1. The topological polar surface area (TPSA) is 155 Å². The molecule has 0 saturated heterocycles. The highest BCUT2D eigenvalue weighted by atomic mass is 32.2. The zero-order valence-corrected chi connectivity index (χ0v) is 20.8. The van der Waals surface area contributed by atoms with Gasteiger partial charge in [-0.1, -0.05) is 11.8 Å². The van der Waals surface area contributed by atoms with Gasteiger partial charge in [0.1, 0.15) is 28.6 Å². The number of hydrogen-bond acceptors (Lipinski definition) is 10. The van der Waals surface area contributed by atoms with Crippen LogP contribution in [-0.4, -0.2) is 35.8 Å². The molecule has 3 aromatic heterocycles. The number of nitrogens with zero attached hydrogens (tertiary/aromatic N) is 5. The highest BCUT2D eigenvalue weighted by Crippen LogP contribution is 2.65. The molecule has 38 heavy (non-hydrogen) atoms. The van der Waals surface area contributed by atoms with Crippen LogP contribution in [0.4, 0.5) is 8.78 Å². The Morgan fingerprint density at radius 1 is 1.24 bits per heavy atom. The van der Waals surface area contributed by atoms with Crippen LogP contribution in [0.1, 0.15) is 36.1 Å². The van der Waals surface area contributed by atoms with Gasteiger partial charge in [0.05, 0.1) is 29.1 Å². The van der Waals surface area contributed by atoms with Gasteiger partial charge in [-0.2, -0.15) is 0 Å². The molecule has 4 heterocycles. The van der Waals surface area contributed by atoms with E-state index in [2.05, 4.69) is 24.9 Å². The summed E-state index contributed by atoms with van der Waals surface area (Å²) in [6.07, 6.45) is 6.38. The zero-order chi connectivity index (χ0) is 26.7. The monoisotopic (exact) mass is 537 g/mol. The minimum atomic E-state index is -1.26. The molecule has 6 rings (SSSR count). The molecule has 1 aromatic carbocycles. The smallest absolute Gasteiger partial charge is 0.234 e. The normalized spacial score (nSPS) is 24.1. The fraction of sp³-hybridized carbons (Fsp3) is 0.280. The van der Waals surface area contributed by atoms with Crippen molar-refractivity contribution in [3.63, 3.8) is 0 Å². The zero-order valence-electron chi connectivity index (χ0n) is 20.0. The summed E-state index contributed by atoms with van der Waals surface area (Å²) in [5.74, 6) is -2.16. The number of carbonyl (C=O) groups is 1. The third kappa shape index (κ3) is 3.93. The van der Waals surface area contributed by atoms with Gasteiger partial charge < -0.3 is 20.6 Å². The maximum absolute atomic E-state index is 15.2. The van der Waals surface area contributed by atoms with Crippen molar-refractivity contribution in [3.05, 3.63) is 77.5 Å². The van der Waals surface area contributed by atoms with E-state index in [9.17, 15) is 9.18 Å². The molecule has 3 atom stereocenters. The number of benzene rings is 1. The second kappa shape index (κ2) is 8.72. The molecule has 0 unspecified atom stereocenters. The van der Waals surface area contributed by atoms with E-state index >= 15 is 4.39 Å². The lowest BCUT2D eigenvalue weighted by Gasteiger charge is -2.33. The number of ether oxygens (including phenoxy) is 1. The van der Waals surface area contributed by atoms with Crippen molar-refractivity contribution < 1.29 is 22.7 Å². The lowest BCUT2D eigenvalue weighted by Crippen LogP contribution is -2.42. The molecule has 10 nitrogen and oxygen atoms in total. The van der Waals surface area contributed by atoms with Crippen LogP contribution in [0.2, 0.25) is 0 Å². The van der Waals surface area contributed by atoms with E-state index in [1.54, 1.807) is 13.0 Å². The first-order valence-electron chi connectivity index (χ1n) is 11.6. The number of hydrogen-bond donors (Lipinski definition) is 2. The van der Waals surface area contributed by atoms with Gasteiger partial charge in [-0.3, -0.25) is 9.79 Å². The van der Waals surface area contributed by atoms with Crippen LogP contribution < -0.4 is 16.2 Å². The van der Waals surface area contributed by atoms with E-state index < -0.39 is 33.7 Å². The maximum Gasteiger partial charge on any atom is 0.234 e. The fourth-order valence-electron chi connectivity index (χ4n) is 5.06. The molecular formula is C25H21F2N7O3S. The Bertz CT molecular complexity index is 1620. The molecule has 194 valence electrons. The first-order valence-corrected chi connectivity index (χ1v) is 12.4. The second-order valence-corrected chi connectivity index (χ2v) is 10.8. The van der Waals surface area contributed by atoms with Crippen molar-refractivity contribution in [2.75, 3.05) is 0 Å². The highest BCUT2D eigenvalue weighted by Gasteiger charge is 2.70. The molecule has 1 aliphatic heterocycles. The van der Waals surface area contributed by atoms with Crippen molar-refractivity contribution in [1.82, 2.24) is 19.9 Å². The number of rotatable bonds is 7. The van der Waals surface area contributed by atoms with Crippen LogP contribution in [0.3, 0.4) is 0 Å². The van der Waals surface area contributed by atoms with Gasteiger partial charge >= 0.3 is 0 Å². The quantitative estimate of drug-likeness (QED) is 0.362. The lowest BCUT2D eigenvalue weighted by atomic mass is 9.84. The third-order valence-corrected chi connectivity index (χ3v) is 8.33. The Kier molecular flexibility index (Phi) is 5.56. The number of amides is 1. The average molecular weight is 538 g/mol. The molecule has 13 heteroatoms. The Hall–Kier alpha value is -4.13. The van der Waals surface area contributed by atoms with E-state index in [1.165, 1.54) is 31.1 Å².